The van der Waals surface area contributed by atoms with E-state index in [1.807, 2.05) is 0 Å². The molecule has 1 amide bonds. The molecule has 2 saturated heterocycles. The van der Waals surface area contributed by atoms with E-state index in [0.29, 0.717) is 53.2 Å². The number of rotatable bonds is 12. The number of fused-ring (bicyclic) bond motifs is 3. The highest BCUT2D eigenvalue weighted by molar-refractivity contribution is 6.76. The number of methoxy groups -OCH3 is 1. The maximum absolute atomic E-state index is 14.4. The molecule has 11 nitrogen and oxygen atoms in total. The molecule has 2 aliphatic heterocycles. The molecule has 2 fully saturated rings. The Balaban J connectivity index is 1.65. The van der Waals surface area contributed by atoms with Gasteiger partial charge in [-0.1, -0.05) is 31.8 Å². The van der Waals surface area contributed by atoms with Gasteiger partial charge in [-0.2, -0.15) is 0 Å². The van der Waals surface area contributed by atoms with Gasteiger partial charge in [0, 0.05) is 49.9 Å². The normalized spacial score (nSPS) is 21.2. The molecule has 1 aromatic carbocycles. The number of carbonyl (C=O) groups is 1. The van der Waals surface area contributed by atoms with Gasteiger partial charge in [0.05, 0.1) is 31.0 Å². The van der Waals surface area contributed by atoms with E-state index in [1.165, 1.54) is 12.0 Å². The Labute approximate surface area is 255 Å². The van der Waals surface area contributed by atoms with E-state index in [9.17, 15) is 23.8 Å². The highest BCUT2D eigenvalue weighted by Gasteiger charge is 2.45. The second kappa shape index (κ2) is 13.4. The lowest BCUT2D eigenvalue weighted by Crippen LogP contribution is -2.58. The Morgan fingerprint density at radius 1 is 1.16 bits per heavy atom. The van der Waals surface area contributed by atoms with Crippen LogP contribution in [0.3, 0.4) is 0 Å². The topological polar surface area (TPSA) is 128 Å². The number of alkyl halides is 2. The van der Waals surface area contributed by atoms with E-state index >= 15 is 0 Å². The van der Waals surface area contributed by atoms with E-state index in [-0.39, 0.29) is 38.2 Å². The summed E-state index contributed by atoms with van der Waals surface area (Å²) in [5.41, 5.74) is 1.80. The lowest BCUT2D eigenvalue weighted by atomic mass is 9.81. The number of nitrogens with zero attached hydrogens (tertiary/aromatic N) is 4. The van der Waals surface area contributed by atoms with Crippen molar-refractivity contribution >= 4 is 25.2 Å². The van der Waals surface area contributed by atoms with Crippen LogP contribution in [0.15, 0.2) is 30.3 Å². The number of aliphatic hydroxyl groups is 1. The van der Waals surface area contributed by atoms with Gasteiger partial charge in [0.2, 0.25) is 0 Å². The van der Waals surface area contributed by atoms with Gasteiger partial charge in [0.15, 0.2) is 12.4 Å². The summed E-state index contributed by atoms with van der Waals surface area (Å²) in [6.07, 6.45) is -5.54. The molecule has 0 spiro atoms. The lowest BCUT2D eigenvalue weighted by Gasteiger charge is -2.47. The maximum Gasteiger partial charge on any atom is 0.407 e. The quantitative estimate of drug-likeness (QED) is 0.155. The minimum absolute atomic E-state index is 0.00158. The van der Waals surface area contributed by atoms with Crippen LogP contribution in [0, 0.1) is 0 Å². The third kappa shape index (κ3) is 6.73. The average molecular weight is 635 g/mol. The van der Waals surface area contributed by atoms with Crippen molar-refractivity contribution in [1.29, 1.82) is 0 Å². The number of morpholine rings is 1. The molecule has 0 aliphatic carbocycles. The minimum Gasteiger partial charge on any atom is -0.467 e. The summed E-state index contributed by atoms with van der Waals surface area (Å²) in [4.78, 5) is 13.5. The third-order valence-corrected chi connectivity index (χ3v) is 9.97. The van der Waals surface area contributed by atoms with E-state index in [0.717, 1.165) is 6.04 Å². The van der Waals surface area contributed by atoms with Gasteiger partial charge in [-0.25, -0.2) is 13.6 Å². The Morgan fingerprint density at radius 3 is 2.50 bits per heavy atom. The summed E-state index contributed by atoms with van der Waals surface area (Å²) in [6, 6.07) is 8.77. The monoisotopic (exact) mass is 634 g/mol. The number of hydrogen-bond acceptors (Lipinski definition) is 8. The predicted octanol–water partition coefficient (Wildman–Crippen LogP) is 5.32. The maximum atomic E-state index is 14.4. The van der Waals surface area contributed by atoms with Gasteiger partial charge >= 0.3 is 6.09 Å². The molecule has 2 aliphatic rings. The molecular formula is C30H40F2N4O7Si. The Kier molecular flexibility index (Phi) is 9.85. The zero-order valence-corrected chi connectivity index (χ0v) is 26.4. The number of amides is 1. The first-order chi connectivity index (χ1) is 21.0. The molecule has 44 heavy (non-hydrogen) atoms. The molecule has 2 bridgehead atoms. The van der Waals surface area contributed by atoms with Crippen molar-refractivity contribution in [2.45, 2.75) is 75.8 Å². The second-order valence-corrected chi connectivity index (χ2v) is 18.2. The number of carboxylic acid groups (broad SMARTS) is 1. The van der Waals surface area contributed by atoms with Crippen LogP contribution in [-0.2, 0) is 20.9 Å². The van der Waals surface area contributed by atoms with Crippen molar-refractivity contribution < 1.29 is 42.7 Å². The Morgan fingerprint density at radius 2 is 1.86 bits per heavy atom. The number of aromatic nitrogens is 3. The van der Waals surface area contributed by atoms with Crippen molar-refractivity contribution in [3.8, 4) is 17.0 Å². The van der Waals surface area contributed by atoms with E-state index < -0.39 is 38.8 Å². The van der Waals surface area contributed by atoms with Gasteiger partial charge in [-0.3, -0.25) is 4.90 Å². The Bertz CT molecular complexity index is 1450. The van der Waals surface area contributed by atoms with Crippen molar-refractivity contribution in [2.75, 3.05) is 33.7 Å². The zero-order valence-electron chi connectivity index (χ0n) is 25.4. The molecule has 2 unspecified atom stereocenters. The van der Waals surface area contributed by atoms with Crippen molar-refractivity contribution in [3.05, 3.63) is 41.6 Å². The summed E-state index contributed by atoms with van der Waals surface area (Å²) in [5, 5.41) is 30.2. The van der Waals surface area contributed by atoms with E-state index in [2.05, 4.69) is 29.8 Å². The number of aliphatic hydroxyl groups excluding tert-OH is 1. The number of benzene rings is 1. The summed E-state index contributed by atoms with van der Waals surface area (Å²) < 4.78 is 53.1. The largest absolute Gasteiger partial charge is 0.467 e. The average Bonchev–Trinajstić information content (AvgIpc) is 3.29. The van der Waals surface area contributed by atoms with Crippen LogP contribution in [0.25, 0.3) is 22.3 Å². The van der Waals surface area contributed by atoms with Crippen LogP contribution in [-0.4, -0.2) is 96.3 Å². The Hall–Kier alpha value is -3.17. The third-order valence-electron chi connectivity index (χ3n) is 8.26. The van der Waals surface area contributed by atoms with Crippen LogP contribution in [0.2, 0.25) is 25.7 Å². The van der Waals surface area contributed by atoms with Crippen LogP contribution in [0.1, 0.15) is 36.1 Å². The number of halogens is 2. The summed E-state index contributed by atoms with van der Waals surface area (Å²) in [6.45, 7) is 7.64. The fourth-order valence-electron chi connectivity index (χ4n) is 6.23. The number of hydrogen-bond donors (Lipinski definition) is 2. The first-order valence-electron chi connectivity index (χ1n) is 14.7. The lowest BCUT2D eigenvalue weighted by molar-refractivity contribution is -0.0660. The molecule has 14 heteroatoms. The molecule has 240 valence electrons. The second-order valence-electron chi connectivity index (χ2n) is 12.6. The van der Waals surface area contributed by atoms with Gasteiger partial charge in [0.25, 0.3) is 6.43 Å². The summed E-state index contributed by atoms with van der Waals surface area (Å²) in [5.74, 6) is 0.116. The molecule has 5 rings (SSSR count). The van der Waals surface area contributed by atoms with Crippen LogP contribution < -0.4 is 4.74 Å². The van der Waals surface area contributed by atoms with E-state index in [1.54, 1.807) is 34.9 Å². The predicted molar refractivity (Wildman–Crippen MR) is 161 cm³/mol. The van der Waals surface area contributed by atoms with Gasteiger partial charge < -0.3 is 33.7 Å². The van der Waals surface area contributed by atoms with Crippen LogP contribution >= 0.6 is 0 Å². The summed E-state index contributed by atoms with van der Waals surface area (Å²) >= 11 is 0. The molecular weight excluding hydrogens is 594 g/mol. The van der Waals surface area contributed by atoms with Gasteiger partial charge in [-0.05, 0) is 37.1 Å². The first-order valence-corrected chi connectivity index (χ1v) is 18.4. The van der Waals surface area contributed by atoms with Crippen molar-refractivity contribution in [2.24, 2.45) is 0 Å². The molecule has 4 atom stereocenters. The number of piperidine rings is 1. The van der Waals surface area contributed by atoms with Crippen LogP contribution in [0.4, 0.5) is 13.6 Å². The smallest absolute Gasteiger partial charge is 0.407 e. The molecule has 0 saturated carbocycles. The molecule has 3 aromatic rings. The van der Waals surface area contributed by atoms with E-state index in [4.69, 9.17) is 18.9 Å². The highest BCUT2D eigenvalue weighted by Crippen LogP contribution is 2.45. The number of para-hydroxylation sites is 1. The van der Waals surface area contributed by atoms with Crippen LogP contribution in [0.5, 0.6) is 5.75 Å². The summed E-state index contributed by atoms with van der Waals surface area (Å²) in [7, 11) is 0.0898. The molecule has 2 aromatic heterocycles. The molecule has 2 N–H and O–H groups in total. The SMILES string of the molecule is COCOc1ccccc1-c1cc2c(C(O)C(F)F)c(C3C[C@H]4COC[C@@H](C3)N4C(=O)O)n(COCC[Si](C)(C)C)c2nn1. The van der Waals surface area contributed by atoms with Crippen molar-refractivity contribution in [1.82, 2.24) is 19.7 Å². The van der Waals surface area contributed by atoms with Gasteiger partial charge in [-0.15, -0.1) is 10.2 Å². The number of ether oxygens (including phenoxy) is 4. The fourth-order valence-corrected chi connectivity index (χ4v) is 6.99. The van der Waals surface area contributed by atoms with Crippen molar-refractivity contribution in [3.63, 3.8) is 0 Å². The minimum atomic E-state index is -3.07. The van der Waals surface area contributed by atoms with Gasteiger partial charge in [0.1, 0.15) is 18.6 Å². The fraction of sp³-hybridized carbons (Fsp3) is 0.567. The molecule has 4 heterocycles. The zero-order chi connectivity index (χ0) is 31.6. The first kappa shape index (κ1) is 32.2. The standard InChI is InChI=1S/C30H40F2N4O7Si/c1-40-17-43-24-8-6-5-7-21(24)23-13-22-25(27(37)28(31)32)26(18-11-19-14-42-15-20(12-18)36(19)30(38)39)35(29(22)34-33-23)16-41-9-10-44(2,3)4/h5-8,13,18-20,27-28,37H,9-12,14-17H2,1-4H3,(H,38,39)/t18?,19-,20+,27?. The highest BCUT2D eigenvalue weighted by atomic mass is 28.3. The molecule has 0 radical (unpaired) electrons.